The molecule has 10 heteroatoms. The number of anilines is 2. The van der Waals surface area contributed by atoms with Gasteiger partial charge in [-0.25, -0.2) is 13.4 Å². The van der Waals surface area contributed by atoms with Crippen LogP contribution in [0.1, 0.15) is 5.56 Å². The van der Waals surface area contributed by atoms with Crippen LogP contribution in [-0.4, -0.2) is 51.1 Å². The number of hydrogen-bond acceptors (Lipinski definition) is 6. The van der Waals surface area contributed by atoms with E-state index in [0.29, 0.717) is 5.56 Å². The summed E-state index contributed by atoms with van der Waals surface area (Å²) in [5, 5.41) is 13.0. The average Bonchev–Trinajstić information content (AvgIpc) is 3.00. The zero-order valence-electron chi connectivity index (χ0n) is 15.0. The number of halogens is 3. The molecule has 0 fully saturated rings. The Morgan fingerprint density at radius 2 is 1.68 bits per heavy atom. The molecule has 1 aliphatic heterocycles. The van der Waals surface area contributed by atoms with Gasteiger partial charge in [0.1, 0.15) is 5.84 Å². The van der Waals surface area contributed by atoms with Crippen molar-refractivity contribution in [2.75, 3.05) is 30.1 Å². The topological polar surface area (TPSA) is 82.0 Å². The van der Waals surface area contributed by atoms with Gasteiger partial charge in [0.15, 0.2) is 9.84 Å². The number of hydrogen-bond donors (Lipinski definition) is 2. The van der Waals surface area contributed by atoms with Crippen molar-refractivity contribution in [2.24, 2.45) is 4.99 Å². The van der Waals surface area contributed by atoms with Gasteiger partial charge in [-0.3, -0.25) is 0 Å². The van der Waals surface area contributed by atoms with E-state index in [9.17, 15) is 26.7 Å². The molecule has 0 aliphatic carbocycles. The van der Waals surface area contributed by atoms with E-state index in [2.05, 4.69) is 10.3 Å². The SMILES string of the molecule is CNc1ccc(C2=NC(O)(C(F)(F)F)CN2c2ccc(S(C)(=O)=O)cc2)cc1. The van der Waals surface area contributed by atoms with Gasteiger partial charge in [0.25, 0.3) is 5.72 Å². The summed E-state index contributed by atoms with van der Waals surface area (Å²) in [5.41, 5.74) is -1.84. The first-order chi connectivity index (χ1) is 12.9. The predicted molar refractivity (Wildman–Crippen MR) is 100 cm³/mol. The monoisotopic (exact) mass is 413 g/mol. The maximum absolute atomic E-state index is 13.4. The molecule has 28 heavy (non-hydrogen) atoms. The first-order valence-electron chi connectivity index (χ1n) is 8.19. The minimum atomic E-state index is -4.97. The number of nitrogens with zero attached hydrogens (tertiary/aromatic N) is 2. The summed E-state index contributed by atoms with van der Waals surface area (Å²) in [4.78, 5) is 4.84. The van der Waals surface area contributed by atoms with Crippen LogP contribution < -0.4 is 10.2 Å². The molecule has 2 aromatic rings. The highest BCUT2D eigenvalue weighted by Crippen LogP contribution is 2.39. The molecule has 0 spiro atoms. The Balaban J connectivity index is 2.06. The van der Waals surface area contributed by atoms with Crippen LogP contribution in [0.25, 0.3) is 0 Å². The first-order valence-corrected chi connectivity index (χ1v) is 10.1. The number of amidine groups is 1. The van der Waals surface area contributed by atoms with Crippen LogP contribution in [0.15, 0.2) is 58.4 Å². The molecule has 1 unspecified atom stereocenters. The van der Waals surface area contributed by atoms with Crippen molar-refractivity contribution >= 4 is 27.0 Å². The molecule has 1 aliphatic rings. The van der Waals surface area contributed by atoms with Crippen LogP contribution in [0.2, 0.25) is 0 Å². The van der Waals surface area contributed by atoms with Crippen molar-refractivity contribution < 1.29 is 26.7 Å². The van der Waals surface area contributed by atoms with Crippen molar-refractivity contribution in [1.29, 1.82) is 0 Å². The van der Waals surface area contributed by atoms with Gasteiger partial charge in [0.2, 0.25) is 0 Å². The van der Waals surface area contributed by atoms with Crippen molar-refractivity contribution in [2.45, 2.75) is 16.8 Å². The molecule has 3 rings (SSSR count). The maximum Gasteiger partial charge on any atom is 0.440 e. The Hall–Kier alpha value is -2.59. The van der Waals surface area contributed by atoms with Crippen molar-refractivity contribution in [3.63, 3.8) is 0 Å². The Labute approximate surface area is 160 Å². The van der Waals surface area contributed by atoms with Crippen LogP contribution in [0.3, 0.4) is 0 Å². The van der Waals surface area contributed by atoms with E-state index < -0.39 is 28.3 Å². The lowest BCUT2D eigenvalue weighted by atomic mass is 10.1. The van der Waals surface area contributed by atoms with E-state index in [0.717, 1.165) is 11.9 Å². The maximum atomic E-state index is 13.4. The second-order valence-electron chi connectivity index (χ2n) is 6.43. The molecule has 0 saturated carbocycles. The van der Waals surface area contributed by atoms with E-state index in [1.54, 1.807) is 31.3 Å². The number of sulfone groups is 1. The summed E-state index contributed by atoms with van der Waals surface area (Å²) in [6, 6.07) is 11.9. The smallest absolute Gasteiger partial charge is 0.388 e. The lowest BCUT2D eigenvalue weighted by Crippen LogP contribution is -2.47. The van der Waals surface area contributed by atoms with Gasteiger partial charge in [-0.05, 0) is 48.5 Å². The van der Waals surface area contributed by atoms with Crippen LogP contribution in [-0.2, 0) is 9.84 Å². The van der Waals surface area contributed by atoms with Gasteiger partial charge in [0, 0.05) is 30.2 Å². The summed E-state index contributed by atoms with van der Waals surface area (Å²) >= 11 is 0. The lowest BCUT2D eigenvalue weighted by Gasteiger charge is -2.25. The number of nitrogens with one attached hydrogen (secondary N) is 1. The molecule has 0 radical (unpaired) electrons. The van der Waals surface area contributed by atoms with Gasteiger partial charge >= 0.3 is 6.18 Å². The molecule has 0 aromatic heterocycles. The Bertz CT molecular complexity index is 1000. The van der Waals surface area contributed by atoms with Gasteiger partial charge < -0.3 is 15.3 Å². The second-order valence-corrected chi connectivity index (χ2v) is 8.45. The molecular formula is C18H18F3N3O3S. The molecule has 6 nitrogen and oxygen atoms in total. The average molecular weight is 413 g/mol. The van der Waals surface area contributed by atoms with Gasteiger partial charge in [0.05, 0.1) is 11.4 Å². The minimum absolute atomic E-state index is 0.0402. The number of aliphatic imine (C=N–C) groups is 1. The van der Waals surface area contributed by atoms with Crippen LogP contribution >= 0.6 is 0 Å². The van der Waals surface area contributed by atoms with E-state index >= 15 is 0 Å². The van der Waals surface area contributed by atoms with Crippen molar-refractivity contribution in [3.8, 4) is 0 Å². The highest BCUT2D eigenvalue weighted by Gasteiger charge is 2.58. The fourth-order valence-electron chi connectivity index (χ4n) is 2.81. The molecular weight excluding hydrogens is 395 g/mol. The standard InChI is InChI=1S/C18H18F3N3O3S/c1-22-13-5-3-12(4-6-13)16-23-17(25,18(19,20)21)11-24(16)14-7-9-15(10-8-14)28(2,26)27/h3-10,22,25H,11H2,1-2H3. The van der Waals surface area contributed by atoms with E-state index in [-0.39, 0.29) is 16.4 Å². The Morgan fingerprint density at radius 1 is 1.11 bits per heavy atom. The minimum Gasteiger partial charge on any atom is -0.388 e. The predicted octanol–water partition coefficient (Wildman–Crippen LogP) is 2.65. The summed E-state index contributed by atoms with van der Waals surface area (Å²) < 4.78 is 63.4. The molecule has 2 N–H and O–H groups in total. The second kappa shape index (κ2) is 6.78. The van der Waals surface area contributed by atoms with Crippen molar-refractivity contribution in [1.82, 2.24) is 0 Å². The largest absolute Gasteiger partial charge is 0.440 e. The van der Waals surface area contributed by atoms with Gasteiger partial charge in [-0.2, -0.15) is 13.2 Å². The third-order valence-corrected chi connectivity index (χ3v) is 5.52. The molecule has 150 valence electrons. The zero-order chi connectivity index (χ0) is 20.7. The summed E-state index contributed by atoms with van der Waals surface area (Å²) in [5.74, 6) is -0.0606. The third-order valence-electron chi connectivity index (χ3n) is 4.39. The number of alkyl halides is 3. The molecule has 1 heterocycles. The molecule has 0 bridgehead atoms. The van der Waals surface area contributed by atoms with Crippen molar-refractivity contribution in [3.05, 3.63) is 54.1 Å². The first kappa shape index (κ1) is 20.2. The fourth-order valence-corrected chi connectivity index (χ4v) is 3.44. The van der Waals surface area contributed by atoms with E-state index in [1.165, 1.54) is 29.2 Å². The van der Waals surface area contributed by atoms with E-state index in [1.807, 2.05) is 0 Å². The number of aliphatic hydroxyl groups is 1. The lowest BCUT2D eigenvalue weighted by molar-refractivity contribution is -0.249. The number of benzene rings is 2. The summed E-state index contributed by atoms with van der Waals surface area (Å²) in [6.45, 7) is -0.835. The number of β-amino-alcohol motifs (C(OH)–C–C–N with tert-alkyl or cyclic N) is 1. The Kier molecular flexibility index (Phi) is 4.88. The van der Waals surface area contributed by atoms with E-state index in [4.69, 9.17) is 0 Å². The fraction of sp³-hybridized carbons (Fsp3) is 0.278. The number of rotatable bonds is 4. The van der Waals surface area contributed by atoms with Crippen LogP contribution in [0.4, 0.5) is 24.5 Å². The third kappa shape index (κ3) is 3.69. The van der Waals surface area contributed by atoms with Gasteiger partial charge in [-0.15, -0.1) is 0 Å². The molecule has 0 amide bonds. The zero-order valence-corrected chi connectivity index (χ0v) is 15.8. The summed E-state index contributed by atoms with van der Waals surface area (Å²) in [6.07, 6.45) is -3.93. The summed E-state index contributed by atoms with van der Waals surface area (Å²) in [7, 11) is -1.74. The van der Waals surface area contributed by atoms with Gasteiger partial charge in [-0.1, -0.05) is 0 Å². The molecule has 1 atom stereocenters. The quantitative estimate of drug-likeness (QED) is 0.806. The van der Waals surface area contributed by atoms with Crippen LogP contribution in [0, 0.1) is 0 Å². The molecule has 0 saturated heterocycles. The normalized spacial score (nSPS) is 20.2. The highest BCUT2D eigenvalue weighted by atomic mass is 32.2. The molecule has 2 aromatic carbocycles. The highest BCUT2D eigenvalue weighted by molar-refractivity contribution is 7.90. The Morgan fingerprint density at radius 3 is 2.14 bits per heavy atom. The van der Waals surface area contributed by atoms with Crippen LogP contribution in [0.5, 0.6) is 0 Å².